The van der Waals surface area contributed by atoms with Crippen LogP contribution in [0, 0.1) is 0 Å². The van der Waals surface area contributed by atoms with Crippen molar-refractivity contribution in [3.63, 3.8) is 0 Å². The maximum Gasteiger partial charge on any atom is 0.247 e. The van der Waals surface area contributed by atoms with Crippen LogP contribution in [0.4, 0.5) is 23.0 Å². The van der Waals surface area contributed by atoms with Crippen LogP contribution in [0.2, 0.25) is 0 Å². The van der Waals surface area contributed by atoms with Crippen LogP contribution >= 0.6 is 0 Å². The number of benzene rings is 2. The molecule has 0 aliphatic heterocycles. The van der Waals surface area contributed by atoms with Gasteiger partial charge in [0.15, 0.2) is 5.82 Å². The summed E-state index contributed by atoms with van der Waals surface area (Å²) in [5.41, 5.74) is 4.50. The lowest BCUT2D eigenvalue weighted by Gasteiger charge is -2.24. The van der Waals surface area contributed by atoms with Crippen molar-refractivity contribution in [3.05, 3.63) is 61.3 Å². The van der Waals surface area contributed by atoms with Crippen molar-refractivity contribution in [2.24, 2.45) is 7.05 Å². The molecule has 36 heavy (non-hydrogen) atoms. The van der Waals surface area contributed by atoms with Crippen molar-refractivity contribution < 1.29 is 14.3 Å². The molecule has 2 heterocycles. The first-order valence-electron chi connectivity index (χ1n) is 11.3. The Hall–Kier alpha value is -4.44. The lowest BCUT2D eigenvalue weighted by Crippen LogP contribution is -2.24. The van der Waals surface area contributed by atoms with E-state index in [2.05, 4.69) is 27.2 Å². The van der Waals surface area contributed by atoms with Crippen LogP contribution in [0.3, 0.4) is 0 Å². The monoisotopic (exact) mass is 487 g/mol. The number of hydrogen-bond acceptors (Lipinski definition) is 8. The van der Waals surface area contributed by atoms with Crippen LogP contribution < -0.4 is 20.3 Å². The van der Waals surface area contributed by atoms with Gasteiger partial charge in [-0.05, 0) is 30.3 Å². The molecule has 0 aliphatic carbocycles. The Kier molecular flexibility index (Phi) is 7.45. The standard InChI is InChI=1S/C26H29N7O3/c1-6-24(34)28-19-15-20(23(36-5)16-22(19)32(2)13-14-35-4)31-26-27-12-11-18(30-26)25-29-17-9-7-8-10-21(17)33(25)3/h6-12,15-16H,1,13-14H2,2-5H3,(H,28,34)(H,27,30,31). The maximum absolute atomic E-state index is 12.1. The van der Waals surface area contributed by atoms with Gasteiger partial charge in [0.2, 0.25) is 11.9 Å². The second-order valence-corrected chi connectivity index (χ2v) is 8.05. The van der Waals surface area contributed by atoms with E-state index in [0.717, 1.165) is 22.5 Å². The molecule has 0 radical (unpaired) electrons. The molecule has 2 aromatic heterocycles. The molecule has 0 unspecified atom stereocenters. The smallest absolute Gasteiger partial charge is 0.247 e. The van der Waals surface area contributed by atoms with Crippen LogP contribution in [0.15, 0.2) is 61.3 Å². The normalized spacial score (nSPS) is 10.8. The summed E-state index contributed by atoms with van der Waals surface area (Å²) in [4.78, 5) is 27.9. The topological polar surface area (TPSA) is 106 Å². The fourth-order valence-corrected chi connectivity index (χ4v) is 3.82. The Bertz CT molecular complexity index is 1400. The highest BCUT2D eigenvalue weighted by Gasteiger charge is 2.17. The first kappa shape index (κ1) is 24.7. The number of nitrogens with one attached hydrogen (secondary N) is 2. The van der Waals surface area contributed by atoms with Crippen LogP contribution in [0.1, 0.15) is 0 Å². The number of carbonyl (C=O) groups is 1. The van der Waals surface area contributed by atoms with E-state index in [1.54, 1.807) is 26.5 Å². The molecule has 0 saturated heterocycles. The van der Waals surface area contributed by atoms with E-state index in [-0.39, 0.29) is 5.91 Å². The summed E-state index contributed by atoms with van der Waals surface area (Å²) in [5, 5.41) is 6.09. The molecule has 2 N–H and O–H groups in total. The quantitative estimate of drug-likeness (QED) is 0.324. The van der Waals surface area contributed by atoms with Gasteiger partial charge in [-0.3, -0.25) is 4.79 Å². The predicted molar refractivity (Wildman–Crippen MR) is 142 cm³/mol. The molecule has 1 amide bonds. The Morgan fingerprint density at radius 3 is 2.69 bits per heavy atom. The van der Waals surface area contributed by atoms with E-state index in [9.17, 15) is 4.79 Å². The fraction of sp³-hybridized carbons (Fsp3) is 0.231. The molecule has 0 aliphatic rings. The highest BCUT2D eigenvalue weighted by molar-refractivity contribution is 6.02. The number of fused-ring (bicyclic) bond motifs is 1. The second-order valence-electron chi connectivity index (χ2n) is 8.05. The maximum atomic E-state index is 12.1. The summed E-state index contributed by atoms with van der Waals surface area (Å²) in [6.45, 7) is 4.69. The summed E-state index contributed by atoms with van der Waals surface area (Å²) in [7, 11) is 7.09. The third-order valence-corrected chi connectivity index (χ3v) is 5.72. The number of likely N-dealkylation sites (N-methyl/N-ethyl adjacent to an activating group) is 1. The molecule has 4 aromatic rings. The van der Waals surface area contributed by atoms with Gasteiger partial charge in [0.05, 0.1) is 41.8 Å². The van der Waals surface area contributed by atoms with Gasteiger partial charge in [0, 0.05) is 40.0 Å². The molecule has 2 aromatic carbocycles. The molecule has 10 heteroatoms. The number of rotatable bonds is 10. The summed E-state index contributed by atoms with van der Waals surface area (Å²) >= 11 is 0. The number of hydrogen-bond donors (Lipinski definition) is 2. The summed E-state index contributed by atoms with van der Waals surface area (Å²) < 4.78 is 12.8. The van der Waals surface area contributed by atoms with E-state index < -0.39 is 0 Å². The number of aryl methyl sites for hydroxylation is 1. The van der Waals surface area contributed by atoms with Crippen molar-refractivity contribution in [2.75, 3.05) is 50.0 Å². The van der Waals surface area contributed by atoms with Gasteiger partial charge in [-0.1, -0.05) is 18.7 Å². The van der Waals surface area contributed by atoms with Gasteiger partial charge in [0.1, 0.15) is 11.4 Å². The summed E-state index contributed by atoms with van der Waals surface area (Å²) in [6.07, 6.45) is 2.89. The Balaban J connectivity index is 1.71. The molecule has 0 fully saturated rings. The minimum absolute atomic E-state index is 0.326. The van der Waals surface area contributed by atoms with Crippen LogP contribution in [-0.4, -0.2) is 59.8 Å². The number of amides is 1. The zero-order valence-electron chi connectivity index (χ0n) is 20.8. The highest BCUT2D eigenvalue weighted by Crippen LogP contribution is 2.38. The summed E-state index contributed by atoms with van der Waals surface area (Å²) in [6, 6.07) is 13.3. The number of ether oxygens (including phenoxy) is 2. The third kappa shape index (κ3) is 5.13. The van der Waals surface area contributed by atoms with E-state index in [4.69, 9.17) is 14.5 Å². The first-order valence-corrected chi connectivity index (χ1v) is 11.3. The lowest BCUT2D eigenvalue weighted by atomic mass is 10.2. The van der Waals surface area contributed by atoms with Gasteiger partial charge in [-0.25, -0.2) is 15.0 Å². The Morgan fingerprint density at radius 2 is 1.97 bits per heavy atom. The van der Waals surface area contributed by atoms with Crippen LogP contribution in [0.5, 0.6) is 5.75 Å². The van der Waals surface area contributed by atoms with Gasteiger partial charge >= 0.3 is 0 Å². The molecule has 0 saturated carbocycles. The SMILES string of the molecule is C=CC(=O)Nc1cc(Nc2nccc(-c3nc4ccccc4n3C)n2)c(OC)cc1N(C)CCOC. The van der Waals surface area contributed by atoms with E-state index in [0.29, 0.717) is 41.9 Å². The Labute approximate surface area is 209 Å². The average Bonchev–Trinajstić information content (AvgIpc) is 3.24. The van der Waals surface area contributed by atoms with Crippen molar-refractivity contribution in [2.45, 2.75) is 0 Å². The van der Waals surface area contributed by atoms with Gasteiger partial charge in [-0.15, -0.1) is 0 Å². The number of methoxy groups -OCH3 is 2. The predicted octanol–water partition coefficient (Wildman–Crippen LogP) is 3.99. The largest absolute Gasteiger partial charge is 0.494 e. The number of carbonyl (C=O) groups excluding carboxylic acids is 1. The van der Waals surface area contributed by atoms with Crippen LogP contribution in [-0.2, 0) is 16.6 Å². The lowest BCUT2D eigenvalue weighted by molar-refractivity contribution is -0.111. The molecular weight excluding hydrogens is 458 g/mol. The third-order valence-electron chi connectivity index (χ3n) is 5.72. The molecule has 0 spiro atoms. The molecular formula is C26H29N7O3. The molecule has 4 rings (SSSR count). The number of imidazole rings is 1. The molecule has 0 atom stereocenters. The fourth-order valence-electron chi connectivity index (χ4n) is 3.82. The summed E-state index contributed by atoms with van der Waals surface area (Å²) in [5.74, 6) is 1.32. The number of anilines is 4. The zero-order chi connectivity index (χ0) is 25.7. The number of para-hydroxylation sites is 2. The van der Waals surface area contributed by atoms with E-state index in [1.807, 2.05) is 60.0 Å². The van der Waals surface area contributed by atoms with Crippen LogP contribution in [0.25, 0.3) is 22.6 Å². The number of aromatic nitrogens is 4. The van der Waals surface area contributed by atoms with Crippen molar-refractivity contribution in [1.82, 2.24) is 19.5 Å². The second kappa shape index (κ2) is 10.9. The Morgan fingerprint density at radius 1 is 1.17 bits per heavy atom. The minimum atomic E-state index is -0.326. The van der Waals surface area contributed by atoms with E-state index in [1.165, 1.54) is 6.08 Å². The first-order chi connectivity index (χ1) is 17.4. The van der Waals surface area contributed by atoms with Crippen molar-refractivity contribution >= 4 is 40.0 Å². The average molecular weight is 488 g/mol. The van der Waals surface area contributed by atoms with Crippen molar-refractivity contribution in [1.29, 1.82) is 0 Å². The molecule has 186 valence electrons. The number of nitrogens with zero attached hydrogens (tertiary/aromatic N) is 5. The van der Waals surface area contributed by atoms with Gasteiger partial charge in [0.25, 0.3) is 0 Å². The van der Waals surface area contributed by atoms with E-state index >= 15 is 0 Å². The van der Waals surface area contributed by atoms with Gasteiger partial charge < -0.3 is 29.6 Å². The molecule has 0 bridgehead atoms. The van der Waals surface area contributed by atoms with Crippen molar-refractivity contribution in [3.8, 4) is 17.3 Å². The zero-order valence-corrected chi connectivity index (χ0v) is 20.8. The molecule has 10 nitrogen and oxygen atoms in total. The van der Waals surface area contributed by atoms with Gasteiger partial charge in [-0.2, -0.15) is 0 Å². The highest BCUT2D eigenvalue weighted by atomic mass is 16.5. The minimum Gasteiger partial charge on any atom is -0.494 e.